The quantitative estimate of drug-likeness (QED) is 0.274. The van der Waals surface area contributed by atoms with E-state index in [-0.39, 0.29) is 35.1 Å². The molecular formula is C14H13N2NaO7S2. The summed E-state index contributed by atoms with van der Waals surface area (Å²) in [6.07, 6.45) is 3.38. The van der Waals surface area contributed by atoms with Crippen molar-refractivity contribution in [3.63, 3.8) is 0 Å². The van der Waals surface area contributed by atoms with E-state index in [9.17, 15) is 31.5 Å². The Morgan fingerprint density at radius 2 is 2.08 bits per heavy atom. The predicted octanol–water partition coefficient (Wildman–Crippen LogP) is -5.40. The van der Waals surface area contributed by atoms with Gasteiger partial charge >= 0.3 is 29.6 Å². The summed E-state index contributed by atoms with van der Waals surface area (Å²) in [5.41, 5.74) is 0.291. The maximum Gasteiger partial charge on any atom is 1.00 e. The Kier molecular flexibility index (Phi) is 5.43. The van der Waals surface area contributed by atoms with Crippen LogP contribution in [0.1, 0.15) is 5.69 Å². The minimum absolute atomic E-state index is 0. The summed E-state index contributed by atoms with van der Waals surface area (Å²) in [7, 11) is -8.60. The van der Waals surface area contributed by atoms with Gasteiger partial charge in [-0.25, -0.2) is 16.8 Å². The monoisotopic (exact) mass is 408 g/mol. The molecule has 3 heterocycles. The number of amides is 1. The van der Waals surface area contributed by atoms with Gasteiger partial charge in [-0.05, 0) is 18.2 Å². The standard InChI is InChI=1S/C14H14N2O7S2.Na/c1-24(20,21)14(13(18)19)7-16-11(17)10(12(16)25(22,23)8-14)6-9-4-2-3-5-15-9;/h2-6,12H,7-8H2,1H3,(H,18,19);/q;+1/p-1/t12-,14?;/m1./s1. The third-order valence-electron chi connectivity index (χ3n) is 4.33. The third-order valence-corrected chi connectivity index (χ3v) is 8.46. The van der Waals surface area contributed by atoms with Gasteiger partial charge in [0.05, 0.1) is 23.0 Å². The second-order valence-corrected chi connectivity index (χ2v) is 10.4. The first-order valence-electron chi connectivity index (χ1n) is 7.06. The number of fused-ring (bicyclic) bond motifs is 1. The van der Waals surface area contributed by atoms with Gasteiger partial charge in [-0.2, -0.15) is 0 Å². The summed E-state index contributed by atoms with van der Waals surface area (Å²) in [5, 5.41) is 10.1. The zero-order valence-corrected chi connectivity index (χ0v) is 17.6. The number of β-lactam (4-membered cyclic amide) rings is 1. The maximum atomic E-state index is 12.5. The van der Waals surface area contributed by atoms with Crippen LogP contribution >= 0.6 is 0 Å². The van der Waals surface area contributed by atoms with Gasteiger partial charge in [0.2, 0.25) is 0 Å². The van der Waals surface area contributed by atoms with Crippen molar-refractivity contribution in [3.8, 4) is 0 Å². The molecule has 134 valence electrons. The molecule has 26 heavy (non-hydrogen) atoms. The average molecular weight is 408 g/mol. The number of aliphatic carboxylic acids is 1. The summed E-state index contributed by atoms with van der Waals surface area (Å²) in [6.45, 7) is -0.767. The summed E-state index contributed by atoms with van der Waals surface area (Å²) in [5.74, 6) is -3.92. The molecule has 12 heteroatoms. The molecular weight excluding hydrogens is 395 g/mol. The Labute approximate surface area is 172 Å². The number of carboxylic acid groups (broad SMARTS) is 1. The number of rotatable bonds is 3. The Hall–Kier alpha value is -1.27. The number of nitrogens with zero attached hydrogens (tertiary/aromatic N) is 2. The molecule has 2 saturated heterocycles. The van der Waals surface area contributed by atoms with Crippen LogP contribution < -0.4 is 34.7 Å². The van der Waals surface area contributed by atoms with Crippen molar-refractivity contribution in [1.82, 2.24) is 9.88 Å². The van der Waals surface area contributed by atoms with Crippen LogP contribution in [0.2, 0.25) is 0 Å². The molecule has 0 aliphatic carbocycles. The van der Waals surface area contributed by atoms with E-state index in [0.717, 1.165) is 4.90 Å². The molecule has 2 atom stereocenters. The normalized spacial score (nSPS) is 28.7. The van der Waals surface area contributed by atoms with Gasteiger partial charge in [-0.1, -0.05) is 6.07 Å². The van der Waals surface area contributed by atoms with Crippen molar-refractivity contribution in [2.45, 2.75) is 10.1 Å². The van der Waals surface area contributed by atoms with Crippen LogP contribution in [0.3, 0.4) is 0 Å². The van der Waals surface area contributed by atoms with E-state index in [1.54, 1.807) is 18.2 Å². The molecule has 0 aromatic carbocycles. The zero-order valence-electron chi connectivity index (χ0n) is 13.9. The molecule has 1 aromatic rings. The van der Waals surface area contributed by atoms with Gasteiger partial charge in [0.25, 0.3) is 5.91 Å². The molecule has 0 N–H and O–H groups in total. The maximum absolute atomic E-state index is 12.5. The molecule has 2 fully saturated rings. The Balaban J connectivity index is 0.00000243. The molecule has 0 bridgehead atoms. The van der Waals surface area contributed by atoms with Gasteiger partial charge in [-0.3, -0.25) is 9.78 Å². The third kappa shape index (κ3) is 3.11. The molecule has 0 spiro atoms. The number of carbonyl (C=O) groups is 2. The Morgan fingerprint density at radius 1 is 1.42 bits per heavy atom. The SMILES string of the molecule is CS(=O)(=O)C1(C(=O)[O-])CN2C(=O)C(=Cc3ccccn3)[C@H]2S(=O)(=O)C1.[Na+]. The minimum Gasteiger partial charge on any atom is -0.548 e. The molecule has 0 radical (unpaired) electrons. The first-order valence-corrected chi connectivity index (χ1v) is 10.7. The molecule has 3 rings (SSSR count). The van der Waals surface area contributed by atoms with E-state index in [4.69, 9.17) is 0 Å². The minimum atomic E-state index is -4.35. The van der Waals surface area contributed by atoms with E-state index in [1.165, 1.54) is 12.3 Å². The van der Waals surface area contributed by atoms with Crippen molar-refractivity contribution in [3.05, 3.63) is 35.7 Å². The van der Waals surface area contributed by atoms with Gasteiger partial charge in [0, 0.05) is 19.0 Å². The molecule has 2 aliphatic heterocycles. The Bertz CT molecular complexity index is 1000. The summed E-state index contributed by atoms with van der Waals surface area (Å²) >= 11 is 0. The van der Waals surface area contributed by atoms with E-state index in [0.29, 0.717) is 11.9 Å². The largest absolute Gasteiger partial charge is 1.00 e. The van der Waals surface area contributed by atoms with E-state index in [1.807, 2.05) is 0 Å². The first kappa shape index (κ1) is 21.0. The molecule has 1 aromatic heterocycles. The molecule has 2 aliphatic rings. The van der Waals surface area contributed by atoms with Crippen molar-refractivity contribution in [2.75, 3.05) is 18.6 Å². The molecule has 9 nitrogen and oxygen atoms in total. The van der Waals surface area contributed by atoms with E-state index < -0.39 is 54.0 Å². The number of pyridine rings is 1. The van der Waals surface area contributed by atoms with Gasteiger partial charge in [0.1, 0.15) is 4.75 Å². The molecule has 1 amide bonds. The Morgan fingerprint density at radius 3 is 2.58 bits per heavy atom. The number of aromatic nitrogens is 1. The fourth-order valence-corrected chi connectivity index (χ4v) is 7.16. The summed E-state index contributed by atoms with van der Waals surface area (Å²) in [4.78, 5) is 28.4. The van der Waals surface area contributed by atoms with E-state index in [2.05, 4.69) is 4.98 Å². The number of sulfone groups is 2. The fourth-order valence-electron chi connectivity index (χ4n) is 3.00. The topological polar surface area (TPSA) is 142 Å². The van der Waals surface area contributed by atoms with Crippen LogP contribution in [-0.4, -0.2) is 67.3 Å². The zero-order chi connectivity index (χ0) is 18.6. The van der Waals surface area contributed by atoms with Crippen molar-refractivity contribution < 1.29 is 61.1 Å². The van der Waals surface area contributed by atoms with Crippen molar-refractivity contribution in [2.24, 2.45) is 0 Å². The first-order chi connectivity index (χ1) is 11.5. The number of carboxylic acids is 1. The van der Waals surface area contributed by atoms with Crippen molar-refractivity contribution in [1.29, 1.82) is 0 Å². The van der Waals surface area contributed by atoms with Crippen LogP contribution in [0.4, 0.5) is 0 Å². The summed E-state index contributed by atoms with van der Waals surface area (Å²) < 4.78 is 46.3. The van der Waals surface area contributed by atoms with Crippen LogP contribution in [0.25, 0.3) is 6.08 Å². The van der Waals surface area contributed by atoms with Gasteiger partial charge < -0.3 is 14.8 Å². The van der Waals surface area contributed by atoms with Crippen LogP contribution in [0, 0.1) is 0 Å². The van der Waals surface area contributed by atoms with Crippen LogP contribution in [0.15, 0.2) is 30.0 Å². The van der Waals surface area contributed by atoms with Crippen LogP contribution in [-0.2, 0) is 29.3 Å². The predicted molar refractivity (Wildman–Crippen MR) is 84.1 cm³/mol. The number of carbonyl (C=O) groups excluding carboxylic acids is 2. The molecule has 1 unspecified atom stereocenters. The summed E-state index contributed by atoms with van der Waals surface area (Å²) in [6, 6.07) is 4.87. The van der Waals surface area contributed by atoms with Gasteiger partial charge in [-0.15, -0.1) is 0 Å². The average Bonchev–Trinajstić information content (AvgIpc) is 2.51. The second-order valence-electron chi connectivity index (χ2n) is 6.00. The number of hydrogen-bond donors (Lipinski definition) is 0. The van der Waals surface area contributed by atoms with Gasteiger partial charge in [0.15, 0.2) is 25.0 Å². The van der Waals surface area contributed by atoms with Crippen molar-refractivity contribution >= 4 is 37.6 Å². The molecule has 0 saturated carbocycles. The fraction of sp³-hybridized carbons (Fsp3) is 0.357. The number of hydrogen-bond acceptors (Lipinski definition) is 8. The van der Waals surface area contributed by atoms with E-state index >= 15 is 0 Å². The van der Waals surface area contributed by atoms with Crippen LogP contribution in [0.5, 0.6) is 0 Å². The smallest absolute Gasteiger partial charge is 0.548 e. The second kappa shape index (κ2) is 6.71.